The number of rotatable bonds is 2. The van der Waals surface area contributed by atoms with E-state index >= 15 is 0 Å². The molecule has 0 bridgehead atoms. The zero-order valence-electron chi connectivity index (χ0n) is 9.74. The molecule has 1 heterocycles. The molecule has 3 rings (SSSR count). The van der Waals surface area contributed by atoms with E-state index in [1.165, 1.54) is 0 Å². The second-order valence-corrected chi connectivity index (χ2v) is 4.10. The maximum Gasteiger partial charge on any atom is 0.141 e. The highest BCUT2D eigenvalue weighted by Crippen LogP contribution is 2.27. The molecule has 0 radical (unpaired) electrons. The molecule has 90 valence electrons. The van der Waals surface area contributed by atoms with Gasteiger partial charge >= 0.3 is 0 Å². The molecule has 0 atom stereocenters. The van der Waals surface area contributed by atoms with Crippen LogP contribution in [0, 0.1) is 0 Å². The number of benzene rings is 2. The Labute approximate surface area is 104 Å². The molecule has 0 spiro atoms. The highest BCUT2D eigenvalue weighted by atomic mass is 16.3. The van der Waals surface area contributed by atoms with Crippen LogP contribution in [0.25, 0.3) is 16.6 Å². The number of phenols is 1. The standard InChI is InChI=1S/C14H13N3O/c15-8-10-4-1-2-6-12(10)17-14-11(9-16-17)5-3-7-13(14)18/h1-7,9,18H,8,15H2. The van der Waals surface area contributed by atoms with Crippen molar-refractivity contribution >= 4 is 10.9 Å². The van der Waals surface area contributed by atoms with Gasteiger partial charge in [0.05, 0.1) is 11.9 Å². The van der Waals surface area contributed by atoms with E-state index in [9.17, 15) is 5.11 Å². The lowest BCUT2D eigenvalue weighted by molar-refractivity contribution is 0.479. The number of phenolic OH excluding ortho intramolecular Hbond substituents is 1. The zero-order chi connectivity index (χ0) is 12.5. The van der Waals surface area contributed by atoms with Crippen molar-refractivity contribution in [3.05, 3.63) is 54.2 Å². The quantitative estimate of drug-likeness (QED) is 0.720. The Morgan fingerprint density at radius 2 is 1.94 bits per heavy atom. The molecular formula is C14H13N3O. The van der Waals surface area contributed by atoms with Gasteiger partial charge in [0, 0.05) is 11.9 Å². The summed E-state index contributed by atoms with van der Waals surface area (Å²) in [5.74, 6) is 0.219. The molecule has 4 nitrogen and oxygen atoms in total. The van der Waals surface area contributed by atoms with Crippen LogP contribution in [0.5, 0.6) is 5.75 Å². The van der Waals surface area contributed by atoms with Gasteiger partial charge in [-0.05, 0) is 17.7 Å². The summed E-state index contributed by atoms with van der Waals surface area (Å²) in [4.78, 5) is 0. The van der Waals surface area contributed by atoms with Crippen molar-refractivity contribution in [3.63, 3.8) is 0 Å². The molecule has 0 fully saturated rings. The highest BCUT2D eigenvalue weighted by Gasteiger charge is 2.10. The first-order chi connectivity index (χ1) is 8.81. The van der Waals surface area contributed by atoms with Gasteiger partial charge in [0.15, 0.2) is 0 Å². The number of nitrogens with two attached hydrogens (primary N) is 1. The molecule has 0 saturated carbocycles. The monoisotopic (exact) mass is 239 g/mol. The normalized spacial score (nSPS) is 10.9. The van der Waals surface area contributed by atoms with Crippen molar-refractivity contribution < 1.29 is 5.11 Å². The SMILES string of the molecule is NCc1ccccc1-n1ncc2cccc(O)c21. The van der Waals surface area contributed by atoms with E-state index in [-0.39, 0.29) is 5.75 Å². The summed E-state index contributed by atoms with van der Waals surface area (Å²) in [5, 5.41) is 15.2. The van der Waals surface area contributed by atoms with Crippen molar-refractivity contribution in [3.8, 4) is 11.4 Å². The van der Waals surface area contributed by atoms with Crippen molar-refractivity contribution in [1.29, 1.82) is 0 Å². The fraction of sp³-hybridized carbons (Fsp3) is 0.0714. The Morgan fingerprint density at radius 3 is 2.78 bits per heavy atom. The van der Waals surface area contributed by atoms with Gasteiger partial charge in [0.2, 0.25) is 0 Å². The van der Waals surface area contributed by atoms with Crippen LogP contribution in [-0.4, -0.2) is 14.9 Å². The zero-order valence-corrected chi connectivity index (χ0v) is 9.74. The Bertz CT molecular complexity index is 703. The first-order valence-electron chi connectivity index (χ1n) is 5.75. The van der Waals surface area contributed by atoms with Gasteiger partial charge in [0.25, 0.3) is 0 Å². The van der Waals surface area contributed by atoms with Crippen LogP contribution in [0.3, 0.4) is 0 Å². The number of nitrogens with zero attached hydrogens (tertiary/aromatic N) is 2. The lowest BCUT2D eigenvalue weighted by Crippen LogP contribution is -2.05. The van der Waals surface area contributed by atoms with Crippen LogP contribution in [0.1, 0.15) is 5.56 Å². The number of hydrogen-bond donors (Lipinski definition) is 2. The van der Waals surface area contributed by atoms with E-state index in [0.29, 0.717) is 12.1 Å². The molecule has 18 heavy (non-hydrogen) atoms. The van der Waals surface area contributed by atoms with Crippen molar-refractivity contribution in [1.82, 2.24) is 9.78 Å². The first kappa shape index (κ1) is 10.8. The van der Waals surface area contributed by atoms with Gasteiger partial charge in [-0.1, -0.05) is 30.3 Å². The first-order valence-corrected chi connectivity index (χ1v) is 5.75. The predicted molar refractivity (Wildman–Crippen MR) is 70.6 cm³/mol. The number of aromatic hydroxyl groups is 1. The summed E-state index contributed by atoms with van der Waals surface area (Å²) in [7, 11) is 0. The third-order valence-corrected chi connectivity index (χ3v) is 3.01. The minimum absolute atomic E-state index is 0.219. The van der Waals surface area contributed by atoms with E-state index in [1.54, 1.807) is 23.0 Å². The number of para-hydroxylation sites is 2. The van der Waals surface area contributed by atoms with Crippen LogP contribution in [0.15, 0.2) is 48.7 Å². The van der Waals surface area contributed by atoms with Crippen LogP contribution < -0.4 is 5.73 Å². The van der Waals surface area contributed by atoms with E-state index < -0.39 is 0 Å². The molecule has 4 heteroatoms. The lowest BCUT2D eigenvalue weighted by Gasteiger charge is -2.09. The molecule has 1 aromatic heterocycles. The molecule has 3 N–H and O–H groups in total. The Hall–Kier alpha value is -2.33. The van der Waals surface area contributed by atoms with Gasteiger partial charge in [-0.3, -0.25) is 0 Å². The average molecular weight is 239 g/mol. The molecule has 2 aromatic carbocycles. The molecule has 0 aliphatic rings. The summed E-state index contributed by atoms with van der Waals surface area (Å²) in [6.07, 6.45) is 1.74. The molecule has 0 aliphatic carbocycles. The minimum atomic E-state index is 0.219. The Kier molecular flexibility index (Phi) is 2.50. The van der Waals surface area contributed by atoms with Crippen LogP contribution >= 0.6 is 0 Å². The topological polar surface area (TPSA) is 64.1 Å². The molecule has 0 amide bonds. The van der Waals surface area contributed by atoms with E-state index in [0.717, 1.165) is 16.6 Å². The van der Waals surface area contributed by atoms with E-state index in [2.05, 4.69) is 5.10 Å². The van der Waals surface area contributed by atoms with Crippen molar-refractivity contribution in [2.24, 2.45) is 5.73 Å². The third-order valence-electron chi connectivity index (χ3n) is 3.01. The predicted octanol–water partition coefficient (Wildman–Crippen LogP) is 2.19. The summed E-state index contributed by atoms with van der Waals surface area (Å²) in [5.41, 5.74) is 8.33. The number of aromatic nitrogens is 2. The number of fused-ring (bicyclic) bond motifs is 1. The second kappa shape index (κ2) is 4.16. The Morgan fingerprint density at radius 1 is 1.11 bits per heavy atom. The maximum atomic E-state index is 9.97. The summed E-state index contributed by atoms with van der Waals surface area (Å²) in [6.45, 7) is 0.436. The molecular weight excluding hydrogens is 226 g/mol. The van der Waals surface area contributed by atoms with E-state index in [4.69, 9.17) is 5.73 Å². The average Bonchev–Trinajstić information content (AvgIpc) is 2.84. The van der Waals surface area contributed by atoms with Gasteiger partial charge in [-0.15, -0.1) is 0 Å². The van der Waals surface area contributed by atoms with Gasteiger partial charge < -0.3 is 10.8 Å². The lowest BCUT2D eigenvalue weighted by atomic mass is 10.1. The number of hydrogen-bond acceptors (Lipinski definition) is 3. The van der Waals surface area contributed by atoms with E-state index in [1.807, 2.05) is 30.3 Å². The third kappa shape index (κ3) is 1.55. The van der Waals surface area contributed by atoms with Crippen LogP contribution in [-0.2, 0) is 6.54 Å². The molecule has 0 aliphatic heterocycles. The van der Waals surface area contributed by atoms with Crippen molar-refractivity contribution in [2.45, 2.75) is 6.54 Å². The minimum Gasteiger partial charge on any atom is -0.506 e. The molecule has 3 aromatic rings. The summed E-state index contributed by atoms with van der Waals surface area (Å²) >= 11 is 0. The van der Waals surface area contributed by atoms with Crippen molar-refractivity contribution in [2.75, 3.05) is 0 Å². The van der Waals surface area contributed by atoms with Gasteiger partial charge in [0.1, 0.15) is 11.3 Å². The fourth-order valence-corrected chi connectivity index (χ4v) is 2.13. The largest absolute Gasteiger partial charge is 0.506 e. The highest BCUT2D eigenvalue weighted by molar-refractivity contribution is 5.86. The second-order valence-electron chi connectivity index (χ2n) is 4.10. The summed E-state index contributed by atoms with van der Waals surface area (Å²) < 4.78 is 1.73. The van der Waals surface area contributed by atoms with Gasteiger partial charge in [-0.25, -0.2) is 4.68 Å². The summed E-state index contributed by atoms with van der Waals surface area (Å²) in [6, 6.07) is 13.2. The molecule has 0 saturated heterocycles. The van der Waals surface area contributed by atoms with Gasteiger partial charge in [-0.2, -0.15) is 5.10 Å². The Balaban J connectivity index is 2.32. The maximum absolute atomic E-state index is 9.97. The van der Waals surface area contributed by atoms with Crippen LogP contribution in [0.4, 0.5) is 0 Å². The smallest absolute Gasteiger partial charge is 0.141 e. The van der Waals surface area contributed by atoms with Crippen LogP contribution in [0.2, 0.25) is 0 Å². The molecule has 0 unspecified atom stereocenters. The fourth-order valence-electron chi connectivity index (χ4n) is 2.13.